The Morgan fingerprint density at radius 3 is 2.86 bits per heavy atom. The van der Waals surface area contributed by atoms with Crippen molar-refractivity contribution in [3.05, 3.63) is 17.5 Å². The molecular formula is C10H14ClN3. The van der Waals surface area contributed by atoms with Crippen molar-refractivity contribution in [3.63, 3.8) is 0 Å². The van der Waals surface area contributed by atoms with Crippen LogP contribution in [-0.2, 0) is 0 Å². The lowest BCUT2D eigenvalue weighted by molar-refractivity contribution is 0.321. The van der Waals surface area contributed by atoms with Gasteiger partial charge in [-0.2, -0.15) is 0 Å². The van der Waals surface area contributed by atoms with Gasteiger partial charge in [0.05, 0.1) is 0 Å². The Labute approximate surface area is 89.1 Å². The average molecular weight is 212 g/mol. The number of hydrogen-bond acceptors (Lipinski definition) is 3. The van der Waals surface area contributed by atoms with Gasteiger partial charge < -0.3 is 4.90 Å². The highest BCUT2D eigenvalue weighted by Crippen LogP contribution is 2.28. The zero-order valence-electron chi connectivity index (χ0n) is 8.28. The summed E-state index contributed by atoms with van der Waals surface area (Å²) in [5.74, 6) is 1.76. The van der Waals surface area contributed by atoms with E-state index in [1.165, 1.54) is 25.6 Å². The molecule has 0 amide bonds. The Balaban J connectivity index is 1.98. The van der Waals surface area contributed by atoms with Gasteiger partial charge in [-0.1, -0.05) is 18.0 Å². The number of halogens is 1. The lowest BCUT2D eigenvalue weighted by Gasteiger charge is -2.30. The van der Waals surface area contributed by atoms with E-state index >= 15 is 0 Å². The van der Waals surface area contributed by atoms with E-state index in [9.17, 15) is 0 Å². The summed E-state index contributed by atoms with van der Waals surface area (Å²) in [5, 5.41) is 0.510. The van der Waals surface area contributed by atoms with Gasteiger partial charge in [0.2, 0.25) is 0 Å². The molecule has 2 rings (SSSR count). The third-order valence-corrected chi connectivity index (χ3v) is 2.97. The Morgan fingerprint density at radius 1 is 1.50 bits per heavy atom. The molecule has 0 aromatic carbocycles. The van der Waals surface area contributed by atoms with Gasteiger partial charge in [-0.15, -0.1) is 0 Å². The first-order valence-electron chi connectivity index (χ1n) is 4.94. The number of rotatable bonds is 3. The van der Waals surface area contributed by atoms with Crippen LogP contribution < -0.4 is 4.90 Å². The molecule has 0 unspecified atom stereocenters. The molecule has 4 heteroatoms. The van der Waals surface area contributed by atoms with E-state index in [1.54, 1.807) is 6.07 Å². The van der Waals surface area contributed by atoms with Crippen molar-refractivity contribution in [1.29, 1.82) is 0 Å². The summed E-state index contributed by atoms with van der Waals surface area (Å²) in [7, 11) is 2.05. The second-order valence-corrected chi connectivity index (χ2v) is 4.26. The van der Waals surface area contributed by atoms with E-state index in [0.29, 0.717) is 5.15 Å². The summed E-state index contributed by atoms with van der Waals surface area (Å²) in [4.78, 5) is 10.2. The lowest BCUT2D eigenvalue weighted by atomic mass is 9.85. The predicted octanol–water partition coefficient (Wildman–Crippen LogP) is 2.37. The largest absolute Gasteiger partial charge is 0.359 e. The first kappa shape index (κ1) is 9.71. The molecule has 3 nitrogen and oxygen atoms in total. The van der Waals surface area contributed by atoms with E-state index in [1.807, 2.05) is 0 Å². The normalized spacial score (nSPS) is 16.4. The van der Waals surface area contributed by atoms with Crippen molar-refractivity contribution in [3.8, 4) is 0 Å². The smallest absolute Gasteiger partial charge is 0.134 e. The average Bonchev–Trinajstić information content (AvgIpc) is 2.11. The lowest BCUT2D eigenvalue weighted by Crippen LogP contribution is -2.29. The Morgan fingerprint density at radius 2 is 2.29 bits per heavy atom. The third-order valence-electron chi connectivity index (χ3n) is 2.77. The van der Waals surface area contributed by atoms with Crippen LogP contribution in [0.4, 0.5) is 5.82 Å². The molecule has 0 N–H and O–H groups in total. The first-order valence-corrected chi connectivity index (χ1v) is 5.32. The molecule has 0 radical (unpaired) electrons. The molecule has 1 aromatic rings. The van der Waals surface area contributed by atoms with Gasteiger partial charge in [0, 0.05) is 19.7 Å². The molecule has 76 valence electrons. The maximum absolute atomic E-state index is 5.80. The van der Waals surface area contributed by atoms with Gasteiger partial charge in [-0.3, -0.25) is 0 Å². The van der Waals surface area contributed by atoms with Crippen LogP contribution >= 0.6 is 11.6 Å². The minimum Gasteiger partial charge on any atom is -0.359 e. The van der Waals surface area contributed by atoms with Gasteiger partial charge in [-0.25, -0.2) is 9.97 Å². The van der Waals surface area contributed by atoms with Crippen LogP contribution in [-0.4, -0.2) is 23.6 Å². The standard InChI is InChI=1S/C10H14ClN3/c1-14(6-8-3-2-4-8)10-5-9(11)12-7-13-10/h5,7-8H,2-4,6H2,1H3. The van der Waals surface area contributed by atoms with Crippen molar-refractivity contribution in [1.82, 2.24) is 9.97 Å². The van der Waals surface area contributed by atoms with Crippen LogP contribution in [0.3, 0.4) is 0 Å². The Kier molecular flexibility index (Phi) is 2.87. The highest BCUT2D eigenvalue weighted by molar-refractivity contribution is 6.29. The second-order valence-electron chi connectivity index (χ2n) is 3.88. The summed E-state index contributed by atoms with van der Waals surface area (Å²) in [6, 6.07) is 1.81. The number of anilines is 1. The van der Waals surface area contributed by atoms with Gasteiger partial charge in [0.25, 0.3) is 0 Å². The Hall–Kier alpha value is -0.830. The summed E-state index contributed by atoms with van der Waals surface area (Å²) in [6.07, 6.45) is 5.59. The van der Waals surface area contributed by atoms with E-state index in [4.69, 9.17) is 11.6 Å². The maximum atomic E-state index is 5.80. The van der Waals surface area contributed by atoms with Gasteiger partial charge >= 0.3 is 0 Å². The fraction of sp³-hybridized carbons (Fsp3) is 0.600. The molecule has 0 aliphatic heterocycles. The van der Waals surface area contributed by atoms with Gasteiger partial charge in [0.15, 0.2) is 0 Å². The molecule has 0 saturated heterocycles. The van der Waals surface area contributed by atoms with Gasteiger partial charge in [-0.05, 0) is 18.8 Å². The minimum atomic E-state index is 0.510. The Bertz CT molecular complexity index is 312. The van der Waals surface area contributed by atoms with E-state index in [0.717, 1.165) is 18.3 Å². The highest BCUT2D eigenvalue weighted by atomic mass is 35.5. The summed E-state index contributed by atoms with van der Waals surface area (Å²) < 4.78 is 0. The monoisotopic (exact) mass is 211 g/mol. The third kappa shape index (κ3) is 2.15. The fourth-order valence-corrected chi connectivity index (χ4v) is 1.83. The van der Waals surface area contributed by atoms with Crippen LogP contribution in [0.25, 0.3) is 0 Å². The molecule has 1 saturated carbocycles. The van der Waals surface area contributed by atoms with Crippen LogP contribution in [0, 0.1) is 5.92 Å². The maximum Gasteiger partial charge on any atom is 0.134 e. The topological polar surface area (TPSA) is 29.0 Å². The zero-order chi connectivity index (χ0) is 9.97. The van der Waals surface area contributed by atoms with Crippen molar-refractivity contribution < 1.29 is 0 Å². The van der Waals surface area contributed by atoms with Crippen molar-refractivity contribution in [2.24, 2.45) is 5.92 Å². The SMILES string of the molecule is CN(CC1CCC1)c1cc(Cl)ncn1. The molecule has 1 heterocycles. The molecular weight excluding hydrogens is 198 g/mol. The first-order chi connectivity index (χ1) is 6.75. The molecule has 14 heavy (non-hydrogen) atoms. The van der Waals surface area contributed by atoms with Crippen LogP contribution in [0.1, 0.15) is 19.3 Å². The molecule has 1 aliphatic carbocycles. The van der Waals surface area contributed by atoms with E-state index < -0.39 is 0 Å². The van der Waals surface area contributed by atoms with Crippen molar-refractivity contribution in [2.45, 2.75) is 19.3 Å². The summed E-state index contributed by atoms with van der Waals surface area (Å²) >= 11 is 5.80. The van der Waals surface area contributed by atoms with E-state index in [-0.39, 0.29) is 0 Å². The van der Waals surface area contributed by atoms with Gasteiger partial charge in [0.1, 0.15) is 17.3 Å². The van der Waals surface area contributed by atoms with Crippen LogP contribution in [0.2, 0.25) is 5.15 Å². The highest BCUT2D eigenvalue weighted by Gasteiger charge is 2.19. The zero-order valence-corrected chi connectivity index (χ0v) is 9.04. The number of nitrogens with zero attached hydrogens (tertiary/aromatic N) is 3. The molecule has 0 atom stereocenters. The minimum absolute atomic E-state index is 0.510. The summed E-state index contributed by atoms with van der Waals surface area (Å²) in [5.41, 5.74) is 0. The molecule has 0 bridgehead atoms. The number of aromatic nitrogens is 2. The van der Waals surface area contributed by atoms with Crippen molar-refractivity contribution in [2.75, 3.05) is 18.5 Å². The molecule has 1 aliphatic rings. The van der Waals surface area contributed by atoms with Crippen LogP contribution in [0.5, 0.6) is 0 Å². The number of hydrogen-bond donors (Lipinski definition) is 0. The molecule has 1 fully saturated rings. The van der Waals surface area contributed by atoms with Crippen molar-refractivity contribution >= 4 is 17.4 Å². The van der Waals surface area contributed by atoms with Crippen LogP contribution in [0.15, 0.2) is 12.4 Å². The quantitative estimate of drug-likeness (QED) is 0.719. The molecule has 1 aromatic heterocycles. The van der Waals surface area contributed by atoms with E-state index in [2.05, 4.69) is 21.9 Å². The molecule has 0 spiro atoms. The second kappa shape index (κ2) is 4.13. The summed E-state index contributed by atoms with van der Waals surface area (Å²) in [6.45, 7) is 1.08. The predicted molar refractivity (Wildman–Crippen MR) is 57.7 cm³/mol. The fourth-order valence-electron chi connectivity index (χ4n) is 1.69.